The Morgan fingerprint density at radius 2 is 2.00 bits per heavy atom. The maximum Gasteiger partial charge on any atom is 0.191 e. The molecule has 3 rings (SSSR count). The van der Waals surface area contributed by atoms with Crippen molar-refractivity contribution in [2.45, 2.75) is 44.3 Å². The van der Waals surface area contributed by atoms with E-state index in [2.05, 4.69) is 10.2 Å². The number of halogens is 2. The highest BCUT2D eigenvalue weighted by Gasteiger charge is 2.19. The van der Waals surface area contributed by atoms with E-state index in [1.54, 1.807) is 6.07 Å². The SMILES string of the molecule is CCn1c(SCc2ccc(F)cc2Cl)nnc1C(C)Oc1ccccc1C. The molecule has 0 bridgehead atoms. The van der Waals surface area contributed by atoms with Gasteiger partial charge in [0.1, 0.15) is 11.6 Å². The van der Waals surface area contributed by atoms with Crippen molar-refractivity contribution < 1.29 is 9.13 Å². The lowest BCUT2D eigenvalue weighted by Gasteiger charge is -2.17. The smallest absolute Gasteiger partial charge is 0.191 e. The summed E-state index contributed by atoms with van der Waals surface area (Å²) in [5.41, 5.74) is 1.94. The molecule has 0 aliphatic carbocycles. The van der Waals surface area contributed by atoms with Crippen molar-refractivity contribution in [2.75, 3.05) is 0 Å². The molecule has 1 unspecified atom stereocenters. The van der Waals surface area contributed by atoms with E-state index in [9.17, 15) is 4.39 Å². The molecule has 7 heteroatoms. The summed E-state index contributed by atoms with van der Waals surface area (Å²) in [6.45, 7) is 6.75. The lowest BCUT2D eigenvalue weighted by Crippen LogP contribution is -2.12. The molecule has 0 spiro atoms. The number of para-hydroxylation sites is 1. The van der Waals surface area contributed by atoms with Gasteiger partial charge in [0.15, 0.2) is 17.1 Å². The van der Waals surface area contributed by atoms with Gasteiger partial charge in [-0.25, -0.2) is 4.39 Å². The highest BCUT2D eigenvalue weighted by Crippen LogP contribution is 2.29. The Hall–Kier alpha value is -2.05. The van der Waals surface area contributed by atoms with Gasteiger partial charge < -0.3 is 9.30 Å². The van der Waals surface area contributed by atoms with Crippen LogP contribution in [0.2, 0.25) is 5.02 Å². The highest BCUT2D eigenvalue weighted by molar-refractivity contribution is 7.98. The molecule has 0 amide bonds. The third-order valence-corrected chi connectivity index (χ3v) is 5.56. The minimum absolute atomic E-state index is 0.234. The lowest BCUT2D eigenvalue weighted by molar-refractivity contribution is 0.208. The van der Waals surface area contributed by atoms with Gasteiger partial charge in [-0.2, -0.15) is 0 Å². The average Bonchev–Trinajstić information content (AvgIpc) is 3.06. The van der Waals surface area contributed by atoms with E-state index < -0.39 is 0 Å². The molecule has 1 heterocycles. The average molecular weight is 406 g/mol. The van der Waals surface area contributed by atoms with Gasteiger partial charge in [0.05, 0.1) is 0 Å². The van der Waals surface area contributed by atoms with Crippen molar-refractivity contribution in [3.63, 3.8) is 0 Å². The van der Waals surface area contributed by atoms with Crippen molar-refractivity contribution in [1.29, 1.82) is 0 Å². The zero-order chi connectivity index (χ0) is 19.4. The molecular weight excluding hydrogens is 385 g/mol. The van der Waals surface area contributed by atoms with Gasteiger partial charge in [0.2, 0.25) is 0 Å². The van der Waals surface area contributed by atoms with Crippen LogP contribution in [-0.2, 0) is 12.3 Å². The summed E-state index contributed by atoms with van der Waals surface area (Å²) in [4.78, 5) is 0. The number of hydrogen-bond donors (Lipinski definition) is 0. The second kappa shape index (κ2) is 8.76. The fraction of sp³-hybridized carbons (Fsp3) is 0.300. The van der Waals surface area contributed by atoms with Gasteiger partial charge >= 0.3 is 0 Å². The van der Waals surface area contributed by atoms with Crippen LogP contribution in [0.4, 0.5) is 4.39 Å². The maximum absolute atomic E-state index is 13.2. The molecule has 0 N–H and O–H groups in total. The zero-order valence-corrected chi connectivity index (χ0v) is 17.0. The summed E-state index contributed by atoms with van der Waals surface area (Å²) in [7, 11) is 0. The van der Waals surface area contributed by atoms with Gasteiger partial charge in [0, 0.05) is 17.3 Å². The van der Waals surface area contributed by atoms with Crippen molar-refractivity contribution in [3.05, 3.63) is 70.3 Å². The summed E-state index contributed by atoms with van der Waals surface area (Å²) in [5, 5.41) is 9.85. The van der Waals surface area contributed by atoms with Crippen LogP contribution in [0.15, 0.2) is 47.6 Å². The van der Waals surface area contributed by atoms with Crippen LogP contribution in [0.25, 0.3) is 0 Å². The molecule has 0 fully saturated rings. The molecule has 4 nitrogen and oxygen atoms in total. The van der Waals surface area contributed by atoms with Gasteiger partial charge in [-0.1, -0.05) is 47.6 Å². The third kappa shape index (κ3) is 4.62. The molecule has 1 atom stereocenters. The number of aromatic nitrogens is 3. The van der Waals surface area contributed by atoms with E-state index in [1.807, 2.05) is 49.6 Å². The molecule has 0 saturated carbocycles. The van der Waals surface area contributed by atoms with Gasteiger partial charge in [0.25, 0.3) is 0 Å². The summed E-state index contributed by atoms with van der Waals surface area (Å²) < 4.78 is 21.3. The normalized spacial score (nSPS) is 12.2. The second-order valence-electron chi connectivity index (χ2n) is 6.14. The Morgan fingerprint density at radius 1 is 1.22 bits per heavy atom. The molecule has 0 radical (unpaired) electrons. The van der Waals surface area contributed by atoms with Gasteiger partial charge in [-0.3, -0.25) is 0 Å². The molecule has 142 valence electrons. The van der Waals surface area contributed by atoms with Gasteiger partial charge in [-0.15, -0.1) is 10.2 Å². The molecule has 2 aromatic carbocycles. The van der Waals surface area contributed by atoms with E-state index in [-0.39, 0.29) is 11.9 Å². The van der Waals surface area contributed by atoms with E-state index in [1.165, 1.54) is 23.9 Å². The monoisotopic (exact) mass is 405 g/mol. The lowest BCUT2D eigenvalue weighted by atomic mass is 10.2. The highest BCUT2D eigenvalue weighted by atomic mass is 35.5. The van der Waals surface area contributed by atoms with Crippen LogP contribution in [0.3, 0.4) is 0 Å². The number of thioether (sulfide) groups is 1. The molecule has 0 aliphatic rings. The van der Waals surface area contributed by atoms with Crippen LogP contribution < -0.4 is 4.74 Å². The van der Waals surface area contributed by atoms with E-state index in [0.717, 1.165) is 34.4 Å². The Morgan fingerprint density at radius 3 is 2.70 bits per heavy atom. The molecule has 27 heavy (non-hydrogen) atoms. The van der Waals surface area contributed by atoms with Crippen molar-refractivity contribution >= 4 is 23.4 Å². The fourth-order valence-corrected chi connectivity index (χ4v) is 4.04. The van der Waals surface area contributed by atoms with Crippen molar-refractivity contribution in [1.82, 2.24) is 14.8 Å². The van der Waals surface area contributed by atoms with E-state index >= 15 is 0 Å². The Balaban J connectivity index is 1.75. The van der Waals surface area contributed by atoms with Crippen molar-refractivity contribution in [2.24, 2.45) is 0 Å². The largest absolute Gasteiger partial charge is 0.482 e. The molecule has 0 aliphatic heterocycles. The van der Waals surface area contributed by atoms with Gasteiger partial charge in [-0.05, 0) is 50.1 Å². The predicted molar refractivity (Wildman–Crippen MR) is 107 cm³/mol. The quantitative estimate of drug-likeness (QED) is 0.463. The number of ether oxygens (including phenoxy) is 1. The first-order valence-corrected chi connectivity index (χ1v) is 10.1. The molecular formula is C20H21ClFN3OS. The number of benzene rings is 2. The minimum atomic E-state index is -0.338. The number of aryl methyl sites for hydroxylation is 1. The topological polar surface area (TPSA) is 39.9 Å². The number of rotatable bonds is 7. The summed E-state index contributed by atoms with van der Waals surface area (Å²) in [6, 6.07) is 12.3. The Bertz CT molecular complexity index is 931. The third-order valence-electron chi connectivity index (χ3n) is 4.19. The Labute approximate surface area is 167 Å². The standard InChI is InChI=1S/C20H21ClFN3OS/c1-4-25-19(14(3)26-18-8-6-5-7-13(18)2)23-24-20(25)27-12-15-9-10-16(22)11-17(15)21/h5-11,14H,4,12H2,1-3H3. The second-order valence-corrected chi connectivity index (χ2v) is 7.48. The van der Waals surface area contributed by atoms with Crippen LogP contribution in [0.5, 0.6) is 5.75 Å². The van der Waals surface area contributed by atoms with Crippen LogP contribution in [0, 0.1) is 12.7 Å². The minimum Gasteiger partial charge on any atom is -0.482 e. The summed E-state index contributed by atoms with van der Waals surface area (Å²) in [6.07, 6.45) is -0.234. The maximum atomic E-state index is 13.2. The predicted octanol–water partition coefficient (Wildman–Crippen LogP) is 5.83. The number of nitrogens with zero attached hydrogens (tertiary/aromatic N) is 3. The van der Waals surface area contributed by atoms with E-state index in [0.29, 0.717) is 10.8 Å². The molecule has 1 aromatic heterocycles. The summed E-state index contributed by atoms with van der Waals surface area (Å²) in [5.74, 6) is 1.86. The first-order valence-electron chi connectivity index (χ1n) is 8.71. The van der Waals surface area contributed by atoms with Crippen LogP contribution in [0.1, 0.15) is 36.9 Å². The van der Waals surface area contributed by atoms with E-state index in [4.69, 9.17) is 16.3 Å². The van der Waals surface area contributed by atoms with Crippen LogP contribution in [-0.4, -0.2) is 14.8 Å². The first kappa shape index (κ1) is 19.7. The van der Waals surface area contributed by atoms with Crippen LogP contribution >= 0.6 is 23.4 Å². The Kier molecular flexibility index (Phi) is 6.39. The molecule has 3 aromatic rings. The van der Waals surface area contributed by atoms with Crippen molar-refractivity contribution in [3.8, 4) is 5.75 Å². The number of hydrogen-bond acceptors (Lipinski definition) is 4. The fourth-order valence-electron chi connectivity index (χ4n) is 2.72. The zero-order valence-electron chi connectivity index (χ0n) is 15.4. The summed E-state index contributed by atoms with van der Waals surface area (Å²) >= 11 is 7.63. The first-order chi connectivity index (χ1) is 13.0. The molecule has 0 saturated heterocycles.